The van der Waals surface area contributed by atoms with Crippen molar-refractivity contribution >= 4 is 11.6 Å². The average molecular weight is 253 g/mol. The third-order valence-corrected chi connectivity index (χ3v) is 2.44. The van der Waals surface area contributed by atoms with Crippen molar-refractivity contribution in [3.05, 3.63) is 53.1 Å². The van der Waals surface area contributed by atoms with E-state index in [2.05, 4.69) is 4.98 Å². The van der Waals surface area contributed by atoms with E-state index in [1.807, 2.05) is 0 Å². The molecular formula is C12H10ClFN2O. The van der Waals surface area contributed by atoms with Gasteiger partial charge in [-0.3, -0.25) is 4.98 Å². The summed E-state index contributed by atoms with van der Waals surface area (Å²) in [7, 11) is 0. The van der Waals surface area contributed by atoms with Crippen molar-refractivity contribution in [2.45, 2.75) is 6.54 Å². The lowest BCUT2D eigenvalue weighted by Gasteiger charge is -2.06. The Morgan fingerprint density at radius 3 is 2.59 bits per heavy atom. The Hall–Kier alpha value is -1.65. The minimum Gasteiger partial charge on any atom is -0.456 e. The van der Waals surface area contributed by atoms with Crippen LogP contribution in [0.15, 0.2) is 36.5 Å². The fraction of sp³-hybridized carbons (Fsp3) is 0.0833. The predicted octanol–water partition coefficient (Wildman–Crippen LogP) is 3.13. The van der Waals surface area contributed by atoms with Crippen LogP contribution in [0, 0.1) is 5.82 Å². The molecule has 0 spiro atoms. The van der Waals surface area contributed by atoms with Crippen LogP contribution in [0.2, 0.25) is 5.02 Å². The summed E-state index contributed by atoms with van der Waals surface area (Å²) in [6, 6.07) is 7.72. The van der Waals surface area contributed by atoms with Gasteiger partial charge in [0, 0.05) is 12.6 Å². The van der Waals surface area contributed by atoms with Gasteiger partial charge in [0.1, 0.15) is 17.3 Å². The SMILES string of the molecule is NCc1ccc(Oc2ccc(Cl)c(F)c2)cn1. The van der Waals surface area contributed by atoms with Crippen LogP contribution in [0.5, 0.6) is 11.5 Å². The molecule has 1 aromatic carbocycles. The second kappa shape index (κ2) is 5.12. The van der Waals surface area contributed by atoms with E-state index in [9.17, 15) is 4.39 Å². The van der Waals surface area contributed by atoms with Gasteiger partial charge in [0.05, 0.1) is 16.9 Å². The first-order valence-electron chi connectivity index (χ1n) is 4.97. The Balaban J connectivity index is 2.16. The normalized spacial score (nSPS) is 10.3. The maximum atomic E-state index is 13.2. The van der Waals surface area contributed by atoms with Gasteiger partial charge in [-0.2, -0.15) is 0 Å². The molecule has 5 heteroatoms. The number of hydrogen-bond acceptors (Lipinski definition) is 3. The maximum absolute atomic E-state index is 13.2. The second-order valence-electron chi connectivity index (χ2n) is 3.37. The molecule has 17 heavy (non-hydrogen) atoms. The van der Waals surface area contributed by atoms with Crippen molar-refractivity contribution in [2.75, 3.05) is 0 Å². The summed E-state index contributed by atoms with van der Waals surface area (Å²) < 4.78 is 18.6. The van der Waals surface area contributed by atoms with E-state index in [1.165, 1.54) is 18.3 Å². The van der Waals surface area contributed by atoms with Crippen molar-refractivity contribution in [3.63, 3.8) is 0 Å². The maximum Gasteiger partial charge on any atom is 0.145 e. The molecule has 0 aliphatic heterocycles. The fourth-order valence-electron chi connectivity index (χ4n) is 1.27. The molecule has 2 N–H and O–H groups in total. The molecule has 0 saturated carbocycles. The van der Waals surface area contributed by atoms with Crippen LogP contribution in [-0.2, 0) is 6.54 Å². The van der Waals surface area contributed by atoms with Gasteiger partial charge in [-0.25, -0.2) is 4.39 Å². The molecule has 0 aliphatic rings. The van der Waals surface area contributed by atoms with Crippen LogP contribution >= 0.6 is 11.6 Å². The monoisotopic (exact) mass is 252 g/mol. The molecular weight excluding hydrogens is 243 g/mol. The first-order chi connectivity index (χ1) is 8.19. The quantitative estimate of drug-likeness (QED) is 0.913. The smallest absolute Gasteiger partial charge is 0.145 e. The summed E-state index contributed by atoms with van der Waals surface area (Å²) >= 11 is 5.57. The summed E-state index contributed by atoms with van der Waals surface area (Å²) in [5, 5.41) is 0.0638. The number of rotatable bonds is 3. The van der Waals surface area contributed by atoms with Crippen molar-refractivity contribution < 1.29 is 9.13 Å². The van der Waals surface area contributed by atoms with Crippen LogP contribution < -0.4 is 10.5 Å². The molecule has 0 fully saturated rings. The third-order valence-electron chi connectivity index (χ3n) is 2.13. The van der Waals surface area contributed by atoms with Crippen LogP contribution in [0.1, 0.15) is 5.69 Å². The van der Waals surface area contributed by atoms with E-state index in [0.29, 0.717) is 18.0 Å². The number of benzene rings is 1. The summed E-state index contributed by atoms with van der Waals surface area (Å²) in [6.45, 7) is 0.371. The van der Waals surface area contributed by atoms with Gasteiger partial charge in [-0.15, -0.1) is 0 Å². The van der Waals surface area contributed by atoms with Gasteiger partial charge in [0.2, 0.25) is 0 Å². The van der Waals surface area contributed by atoms with Crippen LogP contribution in [0.3, 0.4) is 0 Å². The van der Waals surface area contributed by atoms with Crippen molar-refractivity contribution in [1.82, 2.24) is 4.98 Å². The Kier molecular flexibility index (Phi) is 3.56. The zero-order valence-electron chi connectivity index (χ0n) is 8.86. The molecule has 2 rings (SSSR count). The molecule has 0 amide bonds. The molecule has 88 valence electrons. The first kappa shape index (κ1) is 11.8. The highest BCUT2D eigenvalue weighted by Crippen LogP contribution is 2.24. The summed E-state index contributed by atoms with van der Waals surface area (Å²) in [5.74, 6) is 0.369. The van der Waals surface area contributed by atoms with Gasteiger partial charge in [0.25, 0.3) is 0 Å². The van der Waals surface area contributed by atoms with Gasteiger partial charge >= 0.3 is 0 Å². The van der Waals surface area contributed by atoms with Crippen LogP contribution in [0.4, 0.5) is 4.39 Å². The van der Waals surface area contributed by atoms with Gasteiger partial charge in [-0.1, -0.05) is 11.6 Å². The molecule has 0 aliphatic carbocycles. The molecule has 2 aromatic rings. The molecule has 0 atom stereocenters. The molecule has 0 bridgehead atoms. The van der Waals surface area contributed by atoms with Gasteiger partial charge < -0.3 is 10.5 Å². The minimum absolute atomic E-state index is 0.0638. The van der Waals surface area contributed by atoms with Crippen molar-refractivity contribution in [3.8, 4) is 11.5 Å². The van der Waals surface area contributed by atoms with Gasteiger partial charge in [0.15, 0.2) is 0 Å². The number of halogens is 2. The van der Waals surface area contributed by atoms with E-state index in [0.717, 1.165) is 5.69 Å². The van der Waals surface area contributed by atoms with E-state index >= 15 is 0 Å². The fourth-order valence-corrected chi connectivity index (χ4v) is 1.39. The number of hydrogen-bond donors (Lipinski definition) is 1. The number of nitrogens with two attached hydrogens (primary N) is 1. The molecule has 0 radical (unpaired) electrons. The summed E-state index contributed by atoms with van der Waals surface area (Å²) in [5.41, 5.74) is 6.18. The number of pyridine rings is 1. The van der Waals surface area contributed by atoms with E-state index in [4.69, 9.17) is 22.1 Å². The average Bonchev–Trinajstić information content (AvgIpc) is 2.35. The zero-order valence-corrected chi connectivity index (χ0v) is 9.62. The minimum atomic E-state index is -0.518. The highest BCUT2D eigenvalue weighted by atomic mass is 35.5. The largest absolute Gasteiger partial charge is 0.456 e. The third kappa shape index (κ3) is 2.93. The highest BCUT2D eigenvalue weighted by molar-refractivity contribution is 6.30. The summed E-state index contributed by atoms with van der Waals surface area (Å²) in [6.07, 6.45) is 1.54. The van der Waals surface area contributed by atoms with Crippen molar-refractivity contribution in [2.24, 2.45) is 5.73 Å². The Morgan fingerprint density at radius 2 is 2.00 bits per heavy atom. The zero-order chi connectivity index (χ0) is 12.3. The van der Waals surface area contributed by atoms with Gasteiger partial charge in [-0.05, 0) is 24.3 Å². The second-order valence-corrected chi connectivity index (χ2v) is 3.77. The Bertz CT molecular complexity index is 516. The van der Waals surface area contributed by atoms with E-state index in [-0.39, 0.29) is 5.02 Å². The Labute approximate surface area is 103 Å². The van der Waals surface area contributed by atoms with E-state index in [1.54, 1.807) is 18.2 Å². The standard InChI is InChI=1S/C12H10ClFN2O/c13-11-4-3-9(5-12(11)14)17-10-2-1-8(6-15)16-7-10/h1-5,7H,6,15H2. The number of aromatic nitrogens is 1. The first-order valence-corrected chi connectivity index (χ1v) is 5.35. The highest BCUT2D eigenvalue weighted by Gasteiger charge is 2.03. The lowest BCUT2D eigenvalue weighted by molar-refractivity contribution is 0.474. The number of nitrogens with zero attached hydrogens (tertiary/aromatic N) is 1. The molecule has 1 aromatic heterocycles. The topological polar surface area (TPSA) is 48.1 Å². The van der Waals surface area contributed by atoms with E-state index < -0.39 is 5.82 Å². The summed E-state index contributed by atoms with van der Waals surface area (Å²) in [4.78, 5) is 4.06. The van der Waals surface area contributed by atoms with Crippen molar-refractivity contribution in [1.29, 1.82) is 0 Å². The Morgan fingerprint density at radius 1 is 1.24 bits per heavy atom. The van der Waals surface area contributed by atoms with Crippen LogP contribution in [0.25, 0.3) is 0 Å². The molecule has 0 unspecified atom stereocenters. The molecule has 3 nitrogen and oxygen atoms in total. The lowest BCUT2D eigenvalue weighted by Crippen LogP contribution is -1.98. The predicted molar refractivity (Wildman–Crippen MR) is 63.6 cm³/mol. The van der Waals surface area contributed by atoms with Crippen LogP contribution in [-0.4, -0.2) is 4.98 Å². The molecule has 0 saturated heterocycles. The molecule has 1 heterocycles. The number of ether oxygens (including phenoxy) is 1. The lowest BCUT2D eigenvalue weighted by atomic mass is 10.3.